The van der Waals surface area contributed by atoms with Gasteiger partial charge in [-0.2, -0.15) is 0 Å². The fraction of sp³-hybridized carbons (Fsp3) is 0.263. The van der Waals surface area contributed by atoms with Gasteiger partial charge in [0.25, 0.3) is 0 Å². The Hall–Kier alpha value is -1.79. The van der Waals surface area contributed by atoms with E-state index in [4.69, 9.17) is 0 Å². The minimum absolute atomic E-state index is 0.0238. The average Bonchev–Trinajstić information content (AvgIpc) is 2.60. The fourth-order valence-corrected chi connectivity index (χ4v) is 3.26. The summed E-state index contributed by atoms with van der Waals surface area (Å²) in [4.78, 5) is 24.8. The molecule has 0 aliphatic heterocycles. The van der Waals surface area contributed by atoms with Crippen molar-refractivity contribution in [3.05, 3.63) is 53.0 Å². The van der Waals surface area contributed by atoms with Crippen LogP contribution in [-0.4, -0.2) is 17.6 Å². The predicted octanol–water partition coefficient (Wildman–Crippen LogP) is 5.31. The van der Waals surface area contributed by atoms with E-state index in [0.717, 1.165) is 33.6 Å². The van der Waals surface area contributed by atoms with Crippen molar-refractivity contribution in [2.24, 2.45) is 0 Å². The van der Waals surface area contributed by atoms with E-state index >= 15 is 0 Å². The quantitative estimate of drug-likeness (QED) is 0.568. The van der Waals surface area contributed by atoms with Crippen LogP contribution >= 0.6 is 27.7 Å². The van der Waals surface area contributed by atoms with Gasteiger partial charge in [-0.05, 0) is 52.7 Å². The maximum Gasteiger partial charge on any atom is 0.234 e. The molecule has 6 heteroatoms. The SMILES string of the molecule is CCCCC(=O)Nc1cccc(SCC(=O)Nc2ccccc2Br)c1. The number of hydrogen-bond donors (Lipinski definition) is 2. The van der Waals surface area contributed by atoms with Crippen LogP contribution in [0.4, 0.5) is 11.4 Å². The number of hydrogen-bond acceptors (Lipinski definition) is 3. The normalized spacial score (nSPS) is 10.3. The molecule has 0 aliphatic carbocycles. The Morgan fingerprint density at radius 1 is 1.04 bits per heavy atom. The van der Waals surface area contributed by atoms with E-state index in [0.29, 0.717) is 12.2 Å². The Kier molecular flexibility index (Phi) is 8.01. The van der Waals surface area contributed by atoms with Crippen molar-refractivity contribution in [3.63, 3.8) is 0 Å². The molecule has 2 rings (SSSR count). The molecule has 2 aromatic carbocycles. The number of nitrogens with one attached hydrogen (secondary N) is 2. The molecule has 2 amide bonds. The summed E-state index contributed by atoms with van der Waals surface area (Å²) >= 11 is 4.84. The van der Waals surface area contributed by atoms with E-state index in [1.54, 1.807) is 0 Å². The Balaban J connectivity index is 1.86. The summed E-state index contributed by atoms with van der Waals surface area (Å²) in [5.41, 5.74) is 1.52. The van der Waals surface area contributed by atoms with Crippen LogP contribution in [0.25, 0.3) is 0 Å². The molecule has 0 aliphatic rings. The topological polar surface area (TPSA) is 58.2 Å². The lowest BCUT2D eigenvalue weighted by Gasteiger charge is -2.08. The molecular weight excluding hydrogens is 400 g/mol. The third-order valence-corrected chi connectivity index (χ3v) is 5.08. The number of para-hydroxylation sites is 1. The maximum atomic E-state index is 12.1. The largest absolute Gasteiger partial charge is 0.326 e. The van der Waals surface area contributed by atoms with Gasteiger partial charge in [-0.25, -0.2) is 0 Å². The van der Waals surface area contributed by atoms with Gasteiger partial charge in [-0.1, -0.05) is 31.5 Å². The van der Waals surface area contributed by atoms with Crippen LogP contribution in [-0.2, 0) is 9.59 Å². The zero-order chi connectivity index (χ0) is 18.1. The van der Waals surface area contributed by atoms with Crippen molar-refractivity contribution in [3.8, 4) is 0 Å². The molecule has 0 fully saturated rings. The Bertz CT molecular complexity index is 737. The van der Waals surface area contributed by atoms with E-state index in [9.17, 15) is 9.59 Å². The van der Waals surface area contributed by atoms with Crippen LogP contribution in [0.15, 0.2) is 57.9 Å². The van der Waals surface area contributed by atoms with Gasteiger partial charge < -0.3 is 10.6 Å². The lowest BCUT2D eigenvalue weighted by Crippen LogP contribution is -2.14. The minimum Gasteiger partial charge on any atom is -0.326 e. The van der Waals surface area contributed by atoms with Crippen molar-refractivity contribution in [1.82, 2.24) is 0 Å². The molecule has 4 nitrogen and oxygen atoms in total. The molecular formula is C19H21BrN2O2S. The van der Waals surface area contributed by atoms with Gasteiger partial charge in [0.2, 0.25) is 11.8 Å². The molecule has 0 radical (unpaired) electrons. The first-order valence-electron chi connectivity index (χ1n) is 8.15. The van der Waals surface area contributed by atoms with Crippen molar-refractivity contribution in [2.45, 2.75) is 31.1 Å². The van der Waals surface area contributed by atoms with E-state index in [1.807, 2.05) is 48.5 Å². The second-order valence-electron chi connectivity index (χ2n) is 5.50. The number of amides is 2. The highest BCUT2D eigenvalue weighted by Crippen LogP contribution is 2.24. The smallest absolute Gasteiger partial charge is 0.234 e. The van der Waals surface area contributed by atoms with Gasteiger partial charge in [0, 0.05) is 21.5 Å². The van der Waals surface area contributed by atoms with Crippen LogP contribution in [0.1, 0.15) is 26.2 Å². The Morgan fingerprint density at radius 3 is 2.60 bits per heavy atom. The maximum absolute atomic E-state index is 12.1. The number of rotatable bonds is 8. The van der Waals surface area contributed by atoms with E-state index in [1.165, 1.54) is 11.8 Å². The molecule has 0 atom stereocenters. The van der Waals surface area contributed by atoms with Crippen molar-refractivity contribution in [1.29, 1.82) is 0 Å². The minimum atomic E-state index is -0.0747. The monoisotopic (exact) mass is 420 g/mol. The second kappa shape index (κ2) is 10.3. The summed E-state index contributed by atoms with van der Waals surface area (Å²) < 4.78 is 0.852. The summed E-state index contributed by atoms with van der Waals surface area (Å²) in [6.45, 7) is 2.06. The second-order valence-corrected chi connectivity index (χ2v) is 7.40. The molecule has 0 aromatic heterocycles. The first-order chi connectivity index (χ1) is 12.1. The average molecular weight is 421 g/mol. The predicted molar refractivity (Wildman–Crippen MR) is 108 cm³/mol. The van der Waals surface area contributed by atoms with Crippen molar-refractivity contribution in [2.75, 3.05) is 16.4 Å². The summed E-state index contributed by atoms with van der Waals surface area (Å²) in [5, 5.41) is 5.77. The Morgan fingerprint density at radius 2 is 1.84 bits per heavy atom. The number of carbonyl (C=O) groups is 2. The van der Waals surface area contributed by atoms with Crippen LogP contribution in [0.2, 0.25) is 0 Å². The highest BCUT2D eigenvalue weighted by atomic mass is 79.9. The van der Waals surface area contributed by atoms with Crippen LogP contribution in [0.5, 0.6) is 0 Å². The lowest BCUT2D eigenvalue weighted by atomic mass is 10.2. The van der Waals surface area contributed by atoms with Crippen molar-refractivity contribution >= 4 is 50.9 Å². The lowest BCUT2D eigenvalue weighted by molar-refractivity contribution is -0.116. The van der Waals surface area contributed by atoms with Gasteiger partial charge in [0.15, 0.2) is 0 Å². The molecule has 0 unspecified atom stereocenters. The van der Waals surface area contributed by atoms with Crippen LogP contribution in [0.3, 0.4) is 0 Å². The number of carbonyl (C=O) groups excluding carboxylic acids is 2. The number of anilines is 2. The highest BCUT2D eigenvalue weighted by Gasteiger charge is 2.07. The van der Waals surface area contributed by atoms with Crippen LogP contribution < -0.4 is 10.6 Å². The van der Waals surface area contributed by atoms with Gasteiger partial charge in [-0.3, -0.25) is 9.59 Å². The number of unbranched alkanes of at least 4 members (excludes halogenated alkanes) is 1. The summed E-state index contributed by atoms with van der Waals surface area (Å²) in [7, 11) is 0. The number of halogens is 1. The van der Waals surface area contributed by atoms with Gasteiger partial charge in [0.05, 0.1) is 11.4 Å². The van der Waals surface area contributed by atoms with E-state index in [2.05, 4.69) is 33.5 Å². The third-order valence-electron chi connectivity index (χ3n) is 3.39. The molecule has 0 spiro atoms. The molecule has 0 heterocycles. The molecule has 2 N–H and O–H groups in total. The third kappa shape index (κ3) is 6.92. The van der Waals surface area contributed by atoms with Gasteiger partial charge >= 0.3 is 0 Å². The van der Waals surface area contributed by atoms with E-state index < -0.39 is 0 Å². The molecule has 0 saturated heterocycles. The number of benzene rings is 2. The summed E-state index contributed by atoms with van der Waals surface area (Å²) in [6, 6.07) is 15.1. The number of thioether (sulfide) groups is 1. The zero-order valence-corrected chi connectivity index (χ0v) is 16.5. The van der Waals surface area contributed by atoms with Gasteiger partial charge in [0.1, 0.15) is 0 Å². The molecule has 132 valence electrons. The van der Waals surface area contributed by atoms with Crippen LogP contribution in [0, 0.1) is 0 Å². The molecule has 0 bridgehead atoms. The summed E-state index contributed by atoms with van der Waals surface area (Å²) in [6.07, 6.45) is 2.41. The standard InChI is InChI=1S/C19H21BrN2O2S/c1-2-3-11-18(23)21-14-7-6-8-15(12-14)25-13-19(24)22-17-10-5-4-9-16(17)20/h4-10,12H,2-3,11,13H2,1H3,(H,21,23)(H,22,24). The fourth-order valence-electron chi connectivity index (χ4n) is 2.12. The van der Waals surface area contributed by atoms with E-state index in [-0.39, 0.29) is 11.8 Å². The molecule has 2 aromatic rings. The Labute approximate surface area is 160 Å². The molecule has 0 saturated carbocycles. The molecule has 25 heavy (non-hydrogen) atoms. The van der Waals surface area contributed by atoms with Crippen molar-refractivity contribution < 1.29 is 9.59 Å². The zero-order valence-electron chi connectivity index (χ0n) is 14.0. The summed E-state index contributed by atoms with van der Waals surface area (Å²) in [5.74, 6) is 0.249. The highest BCUT2D eigenvalue weighted by molar-refractivity contribution is 9.10. The van der Waals surface area contributed by atoms with Gasteiger partial charge in [-0.15, -0.1) is 11.8 Å². The first kappa shape index (κ1) is 19.5. The first-order valence-corrected chi connectivity index (χ1v) is 9.93.